The first-order valence-electron chi connectivity index (χ1n) is 15.3. The van der Waals surface area contributed by atoms with E-state index >= 15 is 0 Å². The van der Waals surface area contributed by atoms with E-state index in [1.54, 1.807) is 0 Å². The number of ether oxygens (including phenoxy) is 2. The van der Waals surface area contributed by atoms with Gasteiger partial charge < -0.3 is 24.6 Å². The Hall–Kier alpha value is -0.690. The van der Waals surface area contributed by atoms with Crippen LogP contribution >= 0.6 is 0 Å². The fraction of sp³-hybridized carbons (Fsp3) is 0.968. The van der Waals surface area contributed by atoms with Crippen molar-refractivity contribution in [2.45, 2.75) is 110 Å². The summed E-state index contributed by atoms with van der Waals surface area (Å²) in [5.41, 5.74) is 0.432. The molecule has 2 aliphatic heterocycles. The Morgan fingerprint density at radius 1 is 0.919 bits per heavy atom. The Morgan fingerprint density at radius 3 is 2.32 bits per heavy atom. The molecule has 0 aromatic heterocycles. The van der Waals surface area contributed by atoms with E-state index in [1.165, 1.54) is 19.3 Å². The SMILES string of the molecule is C[C@@H]1CC(C(=O)N2CCOCC2)OC2[C@H]1[C@@]1(C)CC[C@@]34C[C@@]35CC[C@H](O)C(C)(C)[C@@H]5CCC4[C@]1(C)[C@H]2O. The molecule has 0 aromatic carbocycles. The summed E-state index contributed by atoms with van der Waals surface area (Å²) in [7, 11) is 0. The van der Waals surface area contributed by atoms with E-state index in [0.29, 0.717) is 54.9 Å². The Bertz CT molecular complexity index is 979. The van der Waals surface area contributed by atoms with E-state index < -0.39 is 12.2 Å². The van der Waals surface area contributed by atoms with Gasteiger partial charge in [-0.15, -0.1) is 0 Å². The zero-order valence-electron chi connectivity index (χ0n) is 23.7. The van der Waals surface area contributed by atoms with Crippen LogP contribution in [0.5, 0.6) is 0 Å². The highest BCUT2D eigenvalue weighted by Gasteiger charge is 2.84. The number of amides is 1. The largest absolute Gasteiger partial charge is 0.393 e. The van der Waals surface area contributed by atoms with Gasteiger partial charge in [-0.1, -0.05) is 34.6 Å². The summed E-state index contributed by atoms with van der Waals surface area (Å²) in [4.78, 5) is 15.3. The van der Waals surface area contributed by atoms with Crippen LogP contribution in [0.15, 0.2) is 0 Å². The lowest BCUT2D eigenvalue weighted by Crippen LogP contribution is -2.59. The molecule has 7 rings (SSSR count). The van der Waals surface area contributed by atoms with E-state index in [0.717, 1.165) is 32.1 Å². The number of carbonyl (C=O) groups is 1. The fourth-order valence-electron chi connectivity index (χ4n) is 12.4. The van der Waals surface area contributed by atoms with Crippen LogP contribution in [0.4, 0.5) is 0 Å². The van der Waals surface area contributed by atoms with E-state index in [9.17, 15) is 15.0 Å². The van der Waals surface area contributed by atoms with Crippen molar-refractivity contribution in [3.8, 4) is 0 Å². The van der Waals surface area contributed by atoms with E-state index in [-0.39, 0.29) is 40.3 Å². The molecule has 37 heavy (non-hydrogen) atoms. The summed E-state index contributed by atoms with van der Waals surface area (Å²) in [5.74, 6) is 1.80. The maximum Gasteiger partial charge on any atom is 0.251 e. The molecule has 1 amide bonds. The van der Waals surface area contributed by atoms with Crippen molar-refractivity contribution in [1.82, 2.24) is 4.90 Å². The number of aliphatic hydroxyl groups excluding tert-OH is 2. The summed E-state index contributed by atoms with van der Waals surface area (Å²) in [6, 6.07) is 0. The first-order valence-corrected chi connectivity index (χ1v) is 15.3. The molecule has 208 valence electrons. The Balaban J connectivity index is 1.21. The minimum absolute atomic E-state index is 0.0136. The molecule has 2 N–H and O–H groups in total. The quantitative estimate of drug-likeness (QED) is 0.552. The summed E-state index contributed by atoms with van der Waals surface area (Å²) < 4.78 is 12.2. The summed E-state index contributed by atoms with van der Waals surface area (Å²) in [5, 5.41) is 23.2. The normalized spacial score (nSPS) is 57.9. The molecule has 6 nitrogen and oxygen atoms in total. The van der Waals surface area contributed by atoms with Gasteiger partial charge in [-0.05, 0) is 96.7 Å². The highest BCUT2D eigenvalue weighted by Crippen LogP contribution is 2.89. The molecule has 6 heteroatoms. The third-order valence-corrected chi connectivity index (χ3v) is 14.4. The van der Waals surface area contributed by atoms with Crippen molar-refractivity contribution >= 4 is 5.91 Å². The van der Waals surface area contributed by atoms with Gasteiger partial charge in [0, 0.05) is 18.5 Å². The molecular weight excluding hydrogens is 466 g/mol. The maximum atomic E-state index is 13.4. The highest BCUT2D eigenvalue weighted by molar-refractivity contribution is 5.81. The van der Waals surface area contributed by atoms with Crippen LogP contribution < -0.4 is 0 Å². The average molecular weight is 516 g/mol. The molecule has 12 atom stereocenters. The number of aliphatic hydroxyl groups is 2. The third kappa shape index (κ3) is 2.85. The topological polar surface area (TPSA) is 79.2 Å². The molecule has 2 saturated heterocycles. The first kappa shape index (κ1) is 25.3. The van der Waals surface area contributed by atoms with Gasteiger partial charge in [0.05, 0.1) is 31.5 Å². The number of nitrogens with zero attached hydrogens (tertiary/aromatic N) is 1. The second-order valence-electron chi connectivity index (χ2n) is 15.5. The molecule has 7 aliphatic rings. The number of rotatable bonds is 1. The first-order chi connectivity index (χ1) is 17.4. The minimum atomic E-state index is -0.538. The lowest BCUT2D eigenvalue weighted by Gasteiger charge is -2.63. The molecule has 5 aliphatic carbocycles. The average Bonchev–Trinajstić information content (AvgIpc) is 3.51. The van der Waals surface area contributed by atoms with Gasteiger partial charge in [0.15, 0.2) is 0 Å². The van der Waals surface area contributed by atoms with Crippen LogP contribution in [0.2, 0.25) is 0 Å². The van der Waals surface area contributed by atoms with Crippen LogP contribution in [0.1, 0.15) is 86.0 Å². The maximum absolute atomic E-state index is 13.4. The Kier molecular flexibility index (Phi) is 5.29. The highest BCUT2D eigenvalue weighted by atomic mass is 16.5. The van der Waals surface area contributed by atoms with Crippen LogP contribution in [0.3, 0.4) is 0 Å². The van der Waals surface area contributed by atoms with E-state index in [4.69, 9.17) is 9.47 Å². The summed E-state index contributed by atoms with van der Waals surface area (Å²) >= 11 is 0. The minimum Gasteiger partial charge on any atom is -0.393 e. The zero-order valence-corrected chi connectivity index (χ0v) is 23.7. The van der Waals surface area contributed by atoms with Crippen molar-refractivity contribution in [1.29, 1.82) is 0 Å². The number of fused-ring (bicyclic) bond motifs is 4. The van der Waals surface area contributed by atoms with E-state index in [1.807, 2.05) is 4.90 Å². The molecule has 0 radical (unpaired) electrons. The lowest BCUT2D eigenvalue weighted by atomic mass is 9.41. The van der Waals surface area contributed by atoms with Gasteiger partial charge in [-0.3, -0.25) is 4.79 Å². The molecule has 2 spiro atoms. The standard InChI is InChI=1S/C31H49NO5/c1-18-16-19(26(35)32-12-14-36-15-13-32)37-24-23(18)28(4)10-11-31-17-30(31)9-8-22(33)27(2,3)20(30)6-7-21(31)29(28,5)25(24)34/h18-25,33-34H,6-17H2,1-5H3/t18-,19?,20+,21?,22+,23+,24?,25+,28-,29-,30-,31+/m1/s1. The van der Waals surface area contributed by atoms with Gasteiger partial charge >= 0.3 is 0 Å². The van der Waals surface area contributed by atoms with Crippen molar-refractivity contribution in [2.75, 3.05) is 26.3 Å². The van der Waals surface area contributed by atoms with Crippen molar-refractivity contribution in [2.24, 2.45) is 50.7 Å². The molecule has 7 fully saturated rings. The second-order valence-corrected chi connectivity index (χ2v) is 15.5. The van der Waals surface area contributed by atoms with Crippen molar-refractivity contribution < 1.29 is 24.5 Å². The Labute approximate surface area is 222 Å². The second kappa shape index (κ2) is 7.73. The smallest absolute Gasteiger partial charge is 0.251 e. The molecule has 0 bridgehead atoms. The van der Waals surface area contributed by atoms with Gasteiger partial charge in [0.1, 0.15) is 6.10 Å². The molecule has 5 saturated carbocycles. The fourth-order valence-corrected chi connectivity index (χ4v) is 12.4. The monoisotopic (exact) mass is 515 g/mol. The number of hydrogen-bond acceptors (Lipinski definition) is 5. The number of morpholine rings is 1. The Morgan fingerprint density at radius 2 is 1.59 bits per heavy atom. The number of hydrogen-bond donors (Lipinski definition) is 2. The van der Waals surface area contributed by atoms with Gasteiger partial charge in [-0.2, -0.15) is 0 Å². The van der Waals surface area contributed by atoms with Crippen molar-refractivity contribution in [3.63, 3.8) is 0 Å². The third-order valence-electron chi connectivity index (χ3n) is 14.4. The molecule has 2 heterocycles. The van der Waals surface area contributed by atoms with Gasteiger partial charge in [-0.25, -0.2) is 0 Å². The van der Waals surface area contributed by atoms with Gasteiger partial charge in [0.25, 0.3) is 5.91 Å². The van der Waals surface area contributed by atoms with Crippen molar-refractivity contribution in [3.05, 3.63) is 0 Å². The van der Waals surface area contributed by atoms with Gasteiger partial charge in [0.2, 0.25) is 0 Å². The number of carbonyl (C=O) groups excluding carboxylic acids is 1. The zero-order chi connectivity index (χ0) is 26.2. The molecular formula is C31H49NO5. The molecule has 3 unspecified atom stereocenters. The van der Waals surface area contributed by atoms with Crippen LogP contribution in [-0.4, -0.2) is 71.7 Å². The summed E-state index contributed by atoms with van der Waals surface area (Å²) in [6.45, 7) is 14.3. The van der Waals surface area contributed by atoms with E-state index in [2.05, 4.69) is 34.6 Å². The molecule has 0 aromatic rings. The van der Waals surface area contributed by atoms with Crippen LogP contribution in [-0.2, 0) is 14.3 Å². The predicted octanol–water partition coefficient (Wildman–Crippen LogP) is 4.02. The predicted molar refractivity (Wildman–Crippen MR) is 140 cm³/mol. The van der Waals surface area contributed by atoms with Crippen LogP contribution in [0, 0.1) is 50.7 Å². The lowest BCUT2D eigenvalue weighted by molar-refractivity contribution is -0.183. The van der Waals surface area contributed by atoms with Crippen LogP contribution in [0.25, 0.3) is 0 Å². The summed E-state index contributed by atoms with van der Waals surface area (Å²) in [6.07, 6.45) is 7.38.